The molecular formula is C17H15N3O5S2. The summed E-state index contributed by atoms with van der Waals surface area (Å²) in [5.41, 5.74) is 0.445. The topological polar surface area (TPSA) is 114 Å². The first kappa shape index (κ1) is 17.8. The largest absolute Gasteiger partial charge is 0.454 e. The lowest BCUT2D eigenvalue weighted by Gasteiger charge is -2.10. The van der Waals surface area contributed by atoms with Crippen molar-refractivity contribution >= 4 is 44.9 Å². The molecule has 2 amide bonds. The SMILES string of the molecule is CC(=O)Nc1cc2c(cn1)NC(=O)c1cc(S(=O)(=O)CC3CS3)ccc1O2. The van der Waals surface area contributed by atoms with Crippen molar-refractivity contribution in [1.82, 2.24) is 4.98 Å². The Morgan fingerprint density at radius 2 is 2.15 bits per heavy atom. The van der Waals surface area contributed by atoms with Gasteiger partial charge in [0.05, 0.1) is 22.4 Å². The van der Waals surface area contributed by atoms with Gasteiger partial charge in [-0.3, -0.25) is 9.59 Å². The van der Waals surface area contributed by atoms with E-state index in [1.807, 2.05) is 0 Å². The maximum absolute atomic E-state index is 12.6. The van der Waals surface area contributed by atoms with E-state index in [-0.39, 0.29) is 38.9 Å². The predicted molar refractivity (Wildman–Crippen MR) is 101 cm³/mol. The molecule has 2 N–H and O–H groups in total. The number of anilines is 2. The smallest absolute Gasteiger partial charge is 0.259 e. The van der Waals surface area contributed by atoms with Gasteiger partial charge in [0.25, 0.3) is 5.91 Å². The zero-order valence-corrected chi connectivity index (χ0v) is 15.8. The third-order valence-corrected chi connectivity index (χ3v) is 7.00. The zero-order valence-electron chi connectivity index (χ0n) is 14.2. The Morgan fingerprint density at radius 1 is 1.37 bits per heavy atom. The van der Waals surface area contributed by atoms with Gasteiger partial charge in [-0.05, 0) is 18.2 Å². The van der Waals surface area contributed by atoms with Gasteiger partial charge in [0, 0.05) is 24.0 Å². The third-order valence-electron chi connectivity index (χ3n) is 4.00. The number of carbonyl (C=O) groups excluding carboxylic acids is 2. The highest BCUT2D eigenvalue weighted by atomic mass is 32.2. The van der Waals surface area contributed by atoms with Gasteiger partial charge in [0.2, 0.25) is 5.91 Å². The average molecular weight is 405 g/mol. The minimum atomic E-state index is -3.47. The summed E-state index contributed by atoms with van der Waals surface area (Å²) in [5, 5.41) is 5.32. The Labute approximate surface area is 159 Å². The van der Waals surface area contributed by atoms with E-state index in [0.29, 0.717) is 11.4 Å². The minimum Gasteiger partial charge on any atom is -0.454 e. The summed E-state index contributed by atoms with van der Waals surface area (Å²) < 4.78 is 30.8. The zero-order chi connectivity index (χ0) is 19.2. The van der Waals surface area contributed by atoms with Gasteiger partial charge in [-0.15, -0.1) is 0 Å². The molecule has 0 spiro atoms. The van der Waals surface area contributed by atoms with Crippen LogP contribution in [0.2, 0.25) is 0 Å². The molecular weight excluding hydrogens is 390 g/mol. The van der Waals surface area contributed by atoms with Crippen molar-refractivity contribution in [2.24, 2.45) is 0 Å². The standard InChI is InChI=1S/C17H15N3O5S2/c1-9(21)19-16-5-15-13(6-18-16)20-17(22)12-4-11(2-3-14(12)25-15)27(23,24)8-10-7-26-10/h2-6,10H,7-8H2,1H3,(H,20,22)(H,18,19,21). The fraction of sp³-hybridized carbons (Fsp3) is 0.235. The fourth-order valence-corrected chi connectivity index (χ4v) is 5.34. The van der Waals surface area contributed by atoms with Crippen molar-refractivity contribution in [1.29, 1.82) is 0 Å². The Bertz CT molecular complexity index is 1060. The molecule has 140 valence electrons. The quantitative estimate of drug-likeness (QED) is 0.750. The van der Waals surface area contributed by atoms with Gasteiger partial charge < -0.3 is 15.4 Å². The monoisotopic (exact) mass is 405 g/mol. The van der Waals surface area contributed by atoms with Crippen molar-refractivity contribution in [3.8, 4) is 11.5 Å². The number of hydrogen-bond donors (Lipinski definition) is 2. The molecule has 8 nitrogen and oxygen atoms in total. The molecule has 27 heavy (non-hydrogen) atoms. The maximum atomic E-state index is 12.6. The van der Waals surface area contributed by atoms with Crippen LogP contribution in [0.3, 0.4) is 0 Å². The summed E-state index contributed by atoms with van der Waals surface area (Å²) in [6.45, 7) is 1.35. The molecule has 1 atom stereocenters. The molecule has 10 heteroatoms. The summed E-state index contributed by atoms with van der Waals surface area (Å²) in [6.07, 6.45) is 1.37. The van der Waals surface area contributed by atoms with Crippen LogP contribution in [0.15, 0.2) is 35.4 Å². The molecule has 0 aliphatic carbocycles. The second kappa shape index (κ2) is 6.54. The van der Waals surface area contributed by atoms with Gasteiger partial charge in [-0.2, -0.15) is 11.8 Å². The molecule has 2 aliphatic rings. The van der Waals surface area contributed by atoms with E-state index in [0.717, 1.165) is 5.75 Å². The average Bonchev–Trinajstić information content (AvgIpc) is 3.40. The maximum Gasteiger partial charge on any atom is 0.259 e. The Hall–Kier alpha value is -2.59. The molecule has 0 radical (unpaired) electrons. The molecule has 0 saturated carbocycles. The van der Waals surface area contributed by atoms with Gasteiger partial charge in [0.15, 0.2) is 15.6 Å². The lowest BCUT2D eigenvalue weighted by molar-refractivity contribution is -0.114. The first-order valence-electron chi connectivity index (χ1n) is 8.07. The number of rotatable bonds is 4. The number of carbonyl (C=O) groups is 2. The van der Waals surface area contributed by atoms with Crippen LogP contribution in [-0.2, 0) is 14.6 Å². The van der Waals surface area contributed by atoms with Crippen LogP contribution >= 0.6 is 11.8 Å². The number of hydrogen-bond acceptors (Lipinski definition) is 7. The van der Waals surface area contributed by atoms with E-state index in [1.54, 1.807) is 11.8 Å². The van der Waals surface area contributed by atoms with E-state index in [4.69, 9.17) is 4.74 Å². The first-order valence-corrected chi connectivity index (χ1v) is 10.8. The molecule has 1 unspecified atom stereocenters. The second-order valence-electron chi connectivity index (χ2n) is 6.20. The van der Waals surface area contributed by atoms with E-state index < -0.39 is 15.7 Å². The fourth-order valence-electron chi connectivity index (χ4n) is 2.65. The summed E-state index contributed by atoms with van der Waals surface area (Å²) in [6, 6.07) is 5.73. The lowest BCUT2D eigenvalue weighted by Crippen LogP contribution is -2.14. The number of sulfone groups is 1. The van der Waals surface area contributed by atoms with Crippen LogP contribution in [0.5, 0.6) is 11.5 Å². The number of nitrogens with one attached hydrogen (secondary N) is 2. The third kappa shape index (κ3) is 3.76. The molecule has 0 bridgehead atoms. The second-order valence-corrected chi connectivity index (χ2v) is 9.57. The summed E-state index contributed by atoms with van der Waals surface area (Å²) in [7, 11) is -3.47. The number of ether oxygens (including phenoxy) is 1. The van der Waals surface area contributed by atoms with E-state index in [9.17, 15) is 18.0 Å². The molecule has 1 aromatic carbocycles. The first-order chi connectivity index (χ1) is 12.8. The molecule has 2 aliphatic heterocycles. The number of amides is 2. The normalized spacial score (nSPS) is 17.7. The van der Waals surface area contributed by atoms with Crippen LogP contribution in [-0.4, -0.2) is 42.0 Å². The van der Waals surface area contributed by atoms with Gasteiger partial charge in [-0.1, -0.05) is 0 Å². The Balaban J connectivity index is 1.69. The number of thioether (sulfide) groups is 1. The van der Waals surface area contributed by atoms with Crippen molar-refractivity contribution in [3.05, 3.63) is 36.0 Å². The molecule has 1 aromatic heterocycles. The summed E-state index contributed by atoms with van der Waals surface area (Å²) >= 11 is 1.60. The number of benzene rings is 1. The lowest BCUT2D eigenvalue weighted by atomic mass is 10.2. The van der Waals surface area contributed by atoms with Crippen molar-refractivity contribution in [2.45, 2.75) is 17.1 Å². The van der Waals surface area contributed by atoms with Gasteiger partial charge in [-0.25, -0.2) is 13.4 Å². The highest BCUT2D eigenvalue weighted by Crippen LogP contribution is 2.38. The highest BCUT2D eigenvalue weighted by Gasteiger charge is 2.31. The number of aromatic nitrogens is 1. The minimum absolute atomic E-state index is 0.0587. The van der Waals surface area contributed by atoms with Gasteiger partial charge in [0.1, 0.15) is 17.3 Å². The molecule has 2 aromatic rings. The van der Waals surface area contributed by atoms with Crippen molar-refractivity contribution in [3.63, 3.8) is 0 Å². The van der Waals surface area contributed by atoms with Crippen LogP contribution in [0.4, 0.5) is 11.5 Å². The van der Waals surface area contributed by atoms with E-state index in [2.05, 4.69) is 15.6 Å². The van der Waals surface area contributed by atoms with Crippen LogP contribution in [0.25, 0.3) is 0 Å². The van der Waals surface area contributed by atoms with Crippen molar-refractivity contribution in [2.75, 3.05) is 22.1 Å². The predicted octanol–water partition coefficient (Wildman–Crippen LogP) is 2.29. The van der Waals surface area contributed by atoms with Gasteiger partial charge >= 0.3 is 0 Å². The summed E-state index contributed by atoms with van der Waals surface area (Å²) in [5.74, 6) is 0.923. The number of nitrogens with zero attached hydrogens (tertiary/aromatic N) is 1. The van der Waals surface area contributed by atoms with Crippen LogP contribution in [0.1, 0.15) is 17.3 Å². The van der Waals surface area contributed by atoms with E-state index in [1.165, 1.54) is 37.4 Å². The van der Waals surface area contributed by atoms with Crippen molar-refractivity contribution < 1.29 is 22.7 Å². The molecule has 3 heterocycles. The highest BCUT2D eigenvalue weighted by molar-refractivity contribution is 8.08. The Morgan fingerprint density at radius 3 is 2.85 bits per heavy atom. The Kier molecular flexibility index (Phi) is 4.31. The molecule has 4 rings (SSSR count). The van der Waals surface area contributed by atoms with E-state index >= 15 is 0 Å². The molecule has 1 saturated heterocycles. The molecule has 1 fully saturated rings. The number of pyridine rings is 1. The van der Waals surface area contributed by atoms with Crippen LogP contribution in [0, 0.1) is 0 Å². The number of fused-ring (bicyclic) bond motifs is 2. The van der Waals surface area contributed by atoms with Crippen LogP contribution < -0.4 is 15.4 Å². The summed E-state index contributed by atoms with van der Waals surface area (Å²) in [4.78, 5) is 27.9.